The summed E-state index contributed by atoms with van der Waals surface area (Å²) in [7, 11) is 0. The molecule has 0 fully saturated rings. The van der Waals surface area contributed by atoms with Crippen molar-refractivity contribution >= 4 is 0 Å². The van der Waals surface area contributed by atoms with Gasteiger partial charge < -0.3 is 5.73 Å². The number of nitrogens with zero attached hydrogens (tertiary/aromatic N) is 2. The Balaban J connectivity index is 2.30. The van der Waals surface area contributed by atoms with E-state index in [0.29, 0.717) is 6.54 Å². The lowest BCUT2D eigenvalue weighted by Gasteiger charge is -2.09. The quantitative estimate of drug-likeness (QED) is 0.877. The van der Waals surface area contributed by atoms with Gasteiger partial charge in [0.2, 0.25) is 0 Å². The minimum absolute atomic E-state index is 0.533. The first-order valence-corrected chi connectivity index (χ1v) is 5.89. The van der Waals surface area contributed by atoms with Crippen LogP contribution in [-0.4, -0.2) is 9.78 Å². The zero-order valence-electron chi connectivity index (χ0n) is 10.7. The Hall–Kier alpha value is -1.61. The molecule has 0 saturated heterocycles. The van der Waals surface area contributed by atoms with Crippen molar-refractivity contribution in [2.24, 2.45) is 5.73 Å². The summed E-state index contributed by atoms with van der Waals surface area (Å²) < 4.78 is 1.99. The number of aryl methyl sites for hydroxylation is 3. The summed E-state index contributed by atoms with van der Waals surface area (Å²) in [6.07, 6.45) is 0. The fourth-order valence-corrected chi connectivity index (χ4v) is 2.08. The van der Waals surface area contributed by atoms with Crippen LogP contribution in [0.4, 0.5) is 0 Å². The van der Waals surface area contributed by atoms with Crippen LogP contribution in [-0.2, 0) is 13.1 Å². The topological polar surface area (TPSA) is 43.8 Å². The van der Waals surface area contributed by atoms with Crippen LogP contribution in [0.1, 0.15) is 28.1 Å². The Morgan fingerprint density at radius 1 is 1.18 bits per heavy atom. The van der Waals surface area contributed by atoms with Crippen LogP contribution < -0.4 is 5.73 Å². The van der Waals surface area contributed by atoms with E-state index in [4.69, 9.17) is 5.73 Å². The second-order valence-corrected chi connectivity index (χ2v) is 4.57. The number of benzene rings is 1. The summed E-state index contributed by atoms with van der Waals surface area (Å²) in [5.74, 6) is 0. The Labute approximate surface area is 102 Å². The van der Waals surface area contributed by atoms with Gasteiger partial charge in [0.1, 0.15) is 0 Å². The SMILES string of the molecule is Cc1ccc(Cn2nc(C)cc2CN)c(C)c1. The molecule has 0 spiro atoms. The summed E-state index contributed by atoms with van der Waals surface area (Å²) >= 11 is 0. The molecule has 2 aromatic rings. The predicted octanol–water partition coefficient (Wildman–Crippen LogP) is 2.32. The fraction of sp³-hybridized carbons (Fsp3) is 0.357. The van der Waals surface area contributed by atoms with Gasteiger partial charge in [-0.2, -0.15) is 5.10 Å². The average Bonchev–Trinajstić information content (AvgIpc) is 2.63. The number of hydrogen-bond donors (Lipinski definition) is 1. The van der Waals surface area contributed by atoms with E-state index < -0.39 is 0 Å². The van der Waals surface area contributed by atoms with E-state index in [-0.39, 0.29) is 0 Å². The van der Waals surface area contributed by atoms with Gasteiger partial charge in [-0.15, -0.1) is 0 Å². The average molecular weight is 229 g/mol. The van der Waals surface area contributed by atoms with Crippen molar-refractivity contribution in [3.63, 3.8) is 0 Å². The number of hydrogen-bond acceptors (Lipinski definition) is 2. The van der Waals surface area contributed by atoms with Gasteiger partial charge in [0.25, 0.3) is 0 Å². The van der Waals surface area contributed by atoms with Gasteiger partial charge in [-0.1, -0.05) is 23.8 Å². The molecule has 1 aromatic heterocycles. The van der Waals surface area contributed by atoms with Crippen molar-refractivity contribution < 1.29 is 0 Å². The zero-order valence-corrected chi connectivity index (χ0v) is 10.7. The van der Waals surface area contributed by atoms with E-state index in [9.17, 15) is 0 Å². The summed E-state index contributed by atoms with van der Waals surface area (Å²) in [5, 5.41) is 4.48. The summed E-state index contributed by atoms with van der Waals surface area (Å²) in [5.41, 5.74) is 11.7. The largest absolute Gasteiger partial charge is 0.325 e. The first-order chi connectivity index (χ1) is 8.10. The highest BCUT2D eigenvalue weighted by Crippen LogP contribution is 2.13. The lowest BCUT2D eigenvalue weighted by Crippen LogP contribution is -2.10. The molecule has 0 amide bonds. The molecular formula is C14H19N3. The molecule has 0 radical (unpaired) electrons. The highest BCUT2D eigenvalue weighted by molar-refractivity contribution is 5.30. The molecule has 0 bridgehead atoms. The molecule has 90 valence electrons. The number of aromatic nitrogens is 2. The highest BCUT2D eigenvalue weighted by Gasteiger charge is 2.06. The van der Waals surface area contributed by atoms with Gasteiger partial charge in [0, 0.05) is 6.54 Å². The molecule has 0 atom stereocenters. The van der Waals surface area contributed by atoms with Crippen molar-refractivity contribution in [2.75, 3.05) is 0 Å². The molecule has 0 aliphatic heterocycles. The minimum Gasteiger partial charge on any atom is -0.325 e. The molecule has 0 unspecified atom stereocenters. The Morgan fingerprint density at radius 2 is 1.94 bits per heavy atom. The first-order valence-electron chi connectivity index (χ1n) is 5.89. The normalized spacial score (nSPS) is 10.8. The molecule has 3 heteroatoms. The molecule has 0 aliphatic rings. The Morgan fingerprint density at radius 3 is 2.59 bits per heavy atom. The van der Waals surface area contributed by atoms with E-state index >= 15 is 0 Å². The van der Waals surface area contributed by atoms with E-state index in [2.05, 4.69) is 37.1 Å². The highest BCUT2D eigenvalue weighted by atomic mass is 15.3. The standard InChI is InChI=1S/C14H19N3/c1-10-4-5-13(11(2)6-10)9-17-14(8-15)7-12(3)16-17/h4-7H,8-9,15H2,1-3H3. The molecule has 1 aromatic carbocycles. The maximum absolute atomic E-state index is 5.72. The van der Waals surface area contributed by atoms with Gasteiger partial charge in [-0.3, -0.25) is 4.68 Å². The summed E-state index contributed by atoms with van der Waals surface area (Å²) in [6, 6.07) is 8.56. The molecule has 17 heavy (non-hydrogen) atoms. The Kier molecular flexibility index (Phi) is 3.29. The third kappa shape index (κ3) is 2.56. The third-order valence-electron chi connectivity index (χ3n) is 3.01. The Bertz CT molecular complexity index is 526. The molecular weight excluding hydrogens is 210 g/mol. The van der Waals surface area contributed by atoms with Crippen LogP contribution in [0, 0.1) is 20.8 Å². The van der Waals surface area contributed by atoms with E-state index in [1.54, 1.807) is 0 Å². The summed E-state index contributed by atoms with van der Waals surface area (Å²) in [4.78, 5) is 0. The van der Waals surface area contributed by atoms with E-state index in [0.717, 1.165) is 17.9 Å². The van der Waals surface area contributed by atoms with Crippen molar-refractivity contribution in [3.05, 3.63) is 52.3 Å². The molecule has 0 saturated carbocycles. The molecule has 3 nitrogen and oxygen atoms in total. The van der Waals surface area contributed by atoms with Crippen LogP contribution in [0.2, 0.25) is 0 Å². The molecule has 0 aliphatic carbocycles. The van der Waals surface area contributed by atoms with E-state index in [1.165, 1.54) is 16.7 Å². The second-order valence-electron chi connectivity index (χ2n) is 4.57. The van der Waals surface area contributed by atoms with Gasteiger partial charge in [-0.05, 0) is 38.0 Å². The molecule has 2 rings (SSSR count). The van der Waals surface area contributed by atoms with Gasteiger partial charge in [0.15, 0.2) is 0 Å². The van der Waals surface area contributed by atoms with Crippen molar-refractivity contribution in [1.82, 2.24) is 9.78 Å². The third-order valence-corrected chi connectivity index (χ3v) is 3.01. The van der Waals surface area contributed by atoms with Crippen LogP contribution in [0.15, 0.2) is 24.3 Å². The first kappa shape index (κ1) is 11.9. The maximum Gasteiger partial charge on any atom is 0.0665 e. The van der Waals surface area contributed by atoms with Crippen LogP contribution in [0.3, 0.4) is 0 Å². The second kappa shape index (κ2) is 4.72. The van der Waals surface area contributed by atoms with Gasteiger partial charge in [-0.25, -0.2) is 0 Å². The van der Waals surface area contributed by atoms with Crippen molar-refractivity contribution in [3.8, 4) is 0 Å². The monoisotopic (exact) mass is 229 g/mol. The van der Waals surface area contributed by atoms with Crippen LogP contribution >= 0.6 is 0 Å². The van der Waals surface area contributed by atoms with Crippen molar-refractivity contribution in [1.29, 1.82) is 0 Å². The fourth-order valence-electron chi connectivity index (χ4n) is 2.08. The van der Waals surface area contributed by atoms with Gasteiger partial charge in [0.05, 0.1) is 17.9 Å². The smallest absolute Gasteiger partial charge is 0.0665 e. The number of nitrogens with two attached hydrogens (primary N) is 1. The lowest BCUT2D eigenvalue weighted by atomic mass is 10.1. The van der Waals surface area contributed by atoms with Crippen molar-refractivity contribution in [2.45, 2.75) is 33.9 Å². The number of rotatable bonds is 3. The maximum atomic E-state index is 5.72. The van der Waals surface area contributed by atoms with Gasteiger partial charge >= 0.3 is 0 Å². The minimum atomic E-state index is 0.533. The predicted molar refractivity (Wildman–Crippen MR) is 69.9 cm³/mol. The zero-order chi connectivity index (χ0) is 12.4. The lowest BCUT2D eigenvalue weighted by molar-refractivity contribution is 0.638. The molecule has 2 N–H and O–H groups in total. The van der Waals surface area contributed by atoms with Crippen LogP contribution in [0.5, 0.6) is 0 Å². The molecule has 1 heterocycles. The van der Waals surface area contributed by atoms with Crippen LogP contribution in [0.25, 0.3) is 0 Å². The summed E-state index contributed by atoms with van der Waals surface area (Å²) in [6.45, 7) is 7.58. The van der Waals surface area contributed by atoms with E-state index in [1.807, 2.05) is 17.7 Å².